The molecule has 118 valence electrons. The van der Waals surface area contributed by atoms with Crippen molar-refractivity contribution in [1.82, 2.24) is 0 Å². The molecule has 23 heavy (non-hydrogen) atoms. The number of rotatable bonds is 5. The molecule has 2 rings (SSSR count). The Morgan fingerprint density at radius 1 is 0.739 bits per heavy atom. The molecule has 0 amide bonds. The van der Waals surface area contributed by atoms with Gasteiger partial charge < -0.3 is 10.2 Å². The standard InChI is InChI=1S/C15H10N2O2.C2H6O2/c18-10-16-14-7-3-1-5-12(14)9-13-6-2-4-8-15(13)17-11-19;3-1-2-4/h1-8H,9H2;3-4H,1-2H2. The van der Waals surface area contributed by atoms with Crippen molar-refractivity contribution in [1.29, 1.82) is 0 Å². The van der Waals surface area contributed by atoms with Crippen LogP contribution in [0.2, 0.25) is 0 Å². The fourth-order valence-corrected chi connectivity index (χ4v) is 1.84. The van der Waals surface area contributed by atoms with E-state index in [-0.39, 0.29) is 13.2 Å². The van der Waals surface area contributed by atoms with Crippen LogP contribution < -0.4 is 0 Å². The lowest BCUT2D eigenvalue weighted by Crippen LogP contribution is -1.89. The van der Waals surface area contributed by atoms with Crippen LogP contribution in [0.15, 0.2) is 58.5 Å². The first-order chi connectivity index (χ1) is 11.3. The molecule has 0 saturated carbocycles. The molecule has 0 fully saturated rings. The largest absolute Gasteiger partial charge is 0.394 e. The summed E-state index contributed by atoms with van der Waals surface area (Å²) in [5.74, 6) is 0. The average molecular weight is 312 g/mol. The lowest BCUT2D eigenvalue weighted by molar-refractivity contribution is 0.186. The molecule has 6 nitrogen and oxygen atoms in total. The van der Waals surface area contributed by atoms with Crippen molar-refractivity contribution in [3.63, 3.8) is 0 Å². The van der Waals surface area contributed by atoms with Crippen LogP contribution in [0.1, 0.15) is 11.1 Å². The molecule has 6 heteroatoms. The van der Waals surface area contributed by atoms with Gasteiger partial charge in [-0.1, -0.05) is 36.4 Å². The first-order valence-electron chi connectivity index (χ1n) is 6.80. The van der Waals surface area contributed by atoms with Crippen LogP contribution in [0.3, 0.4) is 0 Å². The zero-order valence-electron chi connectivity index (χ0n) is 12.3. The Labute approximate surface area is 133 Å². The van der Waals surface area contributed by atoms with Crippen LogP contribution in [-0.2, 0) is 16.0 Å². The van der Waals surface area contributed by atoms with Crippen molar-refractivity contribution in [3.8, 4) is 0 Å². The Bertz CT molecular complexity index is 657. The highest BCUT2D eigenvalue weighted by Gasteiger charge is 2.05. The topological polar surface area (TPSA) is 99.3 Å². The van der Waals surface area contributed by atoms with E-state index in [9.17, 15) is 9.59 Å². The smallest absolute Gasteiger partial charge is 0.240 e. The van der Waals surface area contributed by atoms with Crippen LogP contribution in [0, 0.1) is 0 Å². The number of hydrogen-bond acceptors (Lipinski definition) is 6. The number of aliphatic hydroxyl groups excluding tert-OH is 2. The van der Waals surface area contributed by atoms with E-state index in [1.165, 1.54) is 12.2 Å². The summed E-state index contributed by atoms with van der Waals surface area (Å²) >= 11 is 0. The predicted octanol–water partition coefficient (Wildman–Crippen LogP) is 2.18. The second kappa shape index (κ2) is 10.8. The molecule has 0 spiro atoms. The van der Waals surface area contributed by atoms with E-state index in [1.807, 2.05) is 24.3 Å². The SMILES string of the molecule is O=C=Nc1ccccc1Cc1ccccc1N=C=O.OCCO. The molecule has 0 aliphatic carbocycles. The van der Waals surface area contributed by atoms with Crippen molar-refractivity contribution in [2.24, 2.45) is 9.98 Å². The molecule has 0 unspecified atom stereocenters. The van der Waals surface area contributed by atoms with Gasteiger partial charge in [-0.05, 0) is 23.3 Å². The molecule has 0 aliphatic rings. The molecule has 0 saturated heterocycles. The van der Waals surface area contributed by atoms with Crippen LogP contribution in [-0.4, -0.2) is 35.6 Å². The maximum absolute atomic E-state index is 10.4. The third kappa shape index (κ3) is 6.18. The quantitative estimate of drug-likeness (QED) is 0.653. The van der Waals surface area contributed by atoms with Gasteiger partial charge in [-0.2, -0.15) is 9.98 Å². The molecular weight excluding hydrogens is 296 g/mol. The summed E-state index contributed by atoms with van der Waals surface area (Å²) in [5, 5.41) is 15.2. The molecule has 0 radical (unpaired) electrons. The van der Waals surface area contributed by atoms with Gasteiger partial charge in [-0.25, -0.2) is 9.59 Å². The third-order valence-electron chi connectivity index (χ3n) is 2.80. The molecule has 2 aromatic carbocycles. The van der Waals surface area contributed by atoms with E-state index in [4.69, 9.17) is 10.2 Å². The molecule has 2 aromatic rings. The van der Waals surface area contributed by atoms with Crippen molar-refractivity contribution in [2.45, 2.75) is 6.42 Å². The van der Waals surface area contributed by atoms with E-state index >= 15 is 0 Å². The summed E-state index contributed by atoms with van der Waals surface area (Å²) in [5.41, 5.74) is 2.89. The lowest BCUT2D eigenvalue weighted by Gasteiger charge is -2.06. The second-order valence-electron chi connectivity index (χ2n) is 4.29. The average Bonchev–Trinajstić information content (AvgIpc) is 2.59. The third-order valence-corrected chi connectivity index (χ3v) is 2.80. The van der Waals surface area contributed by atoms with Gasteiger partial charge in [-0.3, -0.25) is 0 Å². The summed E-state index contributed by atoms with van der Waals surface area (Å²) in [4.78, 5) is 28.1. The van der Waals surface area contributed by atoms with Gasteiger partial charge in [-0.15, -0.1) is 0 Å². The van der Waals surface area contributed by atoms with Gasteiger partial charge in [0.15, 0.2) is 0 Å². The van der Waals surface area contributed by atoms with Gasteiger partial charge in [0.25, 0.3) is 0 Å². The summed E-state index contributed by atoms with van der Waals surface area (Å²) in [6.07, 6.45) is 3.61. The number of aliphatic hydroxyl groups is 2. The minimum atomic E-state index is -0.125. The van der Waals surface area contributed by atoms with E-state index < -0.39 is 0 Å². The highest BCUT2D eigenvalue weighted by Crippen LogP contribution is 2.26. The Kier molecular flexibility index (Phi) is 8.52. The minimum absolute atomic E-state index is 0.125. The molecular formula is C17H16N2O4. The van der Waals surface area contributed by atoms with Gasteiger partial charge in [0.05, 0.1) is 24.6 Å². The van der Waals surface area contributed by atoms with Crippen molar-refractivity contribution in [2.75, 3.05) is 13.2 Å². The predicted molar refractivity (Wildman–Crippen MR) is 85.4 cm³/mol. The van der Waals surface area contributed by atoms with Crippen LogP contribution >= 0.6 is 0 Å². The molecule has 0 atom stereocenters. The van der Waals surface area contributed by atoms with E-state index in [0.717, 1.165) is 11.1 Å². The van der Waals surface area contributed by atoms with Gasteiger partial charge in [0.1, 0.15) is 0 Å². The molecule has 0 aliphatic heterocycles. The number of carbonyl (C=O) groups excluding carboxylic acids is 2. The number of aliphatic imine (C=N–C) groups is 2. The molecule has 2 N–H and O–H groups in total. The summed E-state index contributed by atoms with van der Waals surface area (Å²) < 4.78 is 0. The summed E-state index contributed by atoms with van der Waals surface area (Å²) in [6, 6.07) is 14.6. The highest BCUT2D eigenvalue weighted by molar-refractivity contribution is 5.59. The summed E-state index contributed by atoms with van der Waals surface area (Å²) in [7, 11) is 0. The van der Waals surface area contributed by atoms with E-state index in [2.05, 4.69) is 9.98 Å². The van der Waals surface area contributed by atoms with E-state index in [0.29, 0.717) is 17.8 Å². The zero-order chi connectivity index (χ0) is 16.9. The zero-order valence-corrected chi connectivity index (χ0v) is 12.3. The number of para-hydroxylation sites is 2. The maximum atomic E-state index is 10.4. The normalized spacial score (nSPS) is 8.96. The van der Waals surface area contributed by atoms with Crippen molar-refractivity contribution < 1.29 is 19.8 Å². The lowest BCUT2D eigenvalue weighted by atomic mass is 10.0. The van der Waals surface area contributed by atoms with Gasteiger partial charge in [0, 0.05) is 6.42 Å². The number of isocyanates is 2. The fraction of sp³-hybridized carbons (Fsp3) is 0.176. The Morgan fingerprint density at radius 3 is 1.48 bits per heavy atom. The number of nitrogens with zero attached hydrogens (tertiary/aromatic N) is 2. The van der Waals surface area contributed by atoms with Gasteiger partial charge in [0.2, 0.25) is 12.2 Å². The van der Waals surface area contributed by atoms with Crippen LogP contribution in [0.4, 0.5) is 11.4 Å². The number of benzene rings is 2. The van der Waals surface area contributed by atoms with Crippen molar-refractivity contribution in [3.05, 3.63) is 59.7 Å². The summed E-state index contributed by atoms with van der Waals surface area (Å²) in [6.45, 7) is -0.250. The Morgan fingerprint density at radius 2 is 1.13 bits per heavy atom. The molecule has 0 aromatic heterocycles. The monoisotopic (exact) mass is 312 g/mol. The van der Waals surface area contributed by atoms with Gasteiger partial charge >= 0.3 is 0 Å². The first-order valence-corrected chi connectivity index (χ1v) is 6.80. The minimum Gasteiger partial charge on any atom is -0.394 e. The highest BCUT2D eigenvalue weighted by atomic mass is 16.3. The Balaban J connectivity index is 0.000000593. The number of hydrogen-bond donors (Lipinski definition) is 2. The maximum Gasteiger partial charge on any atom is 0.240 e. The second-order valence-corrected chi connectivity index (χ2v) is 4.29. The fourth-order valence-electron chi connectivity index (χ4n) is 1.84. The molecule has 0 heterocycles. The molecule has 0 bridgehead atoms. The van der Waals surface area contributed by atoms with Crippen molar-refractivity contribution >= 4 is 23.5 Å². The first kappa shape index (κ1) is 18.2. The van der Waals surface area contributed by atoms with Crippen LogP contribution in [0.25, 0.3) is 0 Å². The van der Waals surface area contributed by atoms with E-state index in [1.54, 1.807) is 24.3 Å². The van der Waals surface area contributed by atoms with Crippen LogP contribution in [0.5, 0.6) is 0 Å². The Hall–Kier alpha value is -2.88.